The van der Waals surface area contributed by atoms with Crippen LogP contribution in [0.25, 0.3) is 0 Å². The number of hydrogen-bond donors (Lipinski definition) is 2. The zero-order valence-electron chi connectivity index (χ0n) is 10.2. The summed E-state index contributed by atoms with van der Waals surface area (Å²) < 4.78 is 1.93. The molecule has 0 saturated heterocycles. The van der Waals surface area contributed by atoms with Crippen LogP contribution >= 0.6 is 0 Å². The van der Waals surface area contributed by atoms with Crippen molar-refractivity contribution in [1.29, 1.82) is 0 Å². The lowest BCUT2D eigenvalue weighted by atomic mass is 10.1. The lowest BCUT2D eigenvalue weighted by Gasteiger charge is -2.22. The van der Waals surface area contributed by atoms with E-state index in [1.165, 1.54) is 0 Å². The van der Waals surface area contributed by atoms with Crippen molar-refractivity contribution in [2.24, 2.45) is 5.73 Å². The SMILES string of the molecule is CCCn1nccc1CNC(C)(C)C(N)=O. The van der Waals surface area contributed by atoms with Gasteiger partial charge in [-0.1, -0.05) is 6.92 Å². The first-order valence-corrected chi connectivity index (χ1v) is 5.53. The van der Waals surface area contributed by atoms with Crippen molar-refractivity contribution < 1.29 is 4.79 Å². The summed E-state index contributed by atoms with van der Waals surface area (Å²) in [5, 5.41) is 7.34. The lowest BCUT2D eigenvalue weighted by Crippen LogP contribution is -2.50. The summed E-state index contributed by atoms with van der Waals surface area (Å²) in [6.07, 6.45) is 2.80. The molecule has 0 aliphatic heterocycles. The van der Waals surface area contributed by atoms with Crippen molar-refractivity contribution in [1.82, 2.24) is 15.1 Å². The third-order valence-corrected chi connectivity index (χ3v) is 2.57. The van der Waals surface area contributed by atoms with Crippen LogP contribution in [0.5, 0.6) is 0 Å². The Bertz CT molecular complexity index is 357. The van der Waals surface area contributed by atoms with Crippen molar-refractivity contribution in [3.05, 3.63) is 18.0 Å². The number of aromatic nitrogens is 2. The van der Waals surface area contributed by atoms with Crippen LogP contribution < -0.4 is 11.1 Å². The molecule has 1 rings (SSSR count). The standard InChI is InChI=1S/C11H20N4O/c1-4-7-15-9(5-6-14-15)8-13-11(2,3)10(12)16/h5-6,13H,4,7-8H2,1-3H3,(H2,12,16). The Morgan fingerprint density at radius 2 is 2.31 bits per heavy atom. The molecule has 0 saturated carbocycles. The molecule has 1 aromatic heterocycles. The Kier molecular flexibility index (Phi) is 4.06. The molecule has 16 heavy (non-hydrogen) atoms. The third kappa shape index (κ3) is 3.06. The van der Waals surface area contributed by atoms with Gasteiger partial charge < -0.3 is 5.73 Å². The van der Waals surface area contributed by atoms with E-state index in [4.69, 9.17) is 5.73 Å². The van der Waals surface area contributed by atoms with Crippen LogP contribution in [-0.2, 0) is 17.9 Å². The minimum absolute atomic E-state index is 0.353. The molecule has 0 aliphatic rings. The van der Waals surface area contributed by atoms with Gasteiger partial charge in [-0.15, -0.1) is 0 Å². The monoisotopic (exact) mass is 224 g/mol. The molecule has 0 aromatic carbocycles. The molecule has 0 aliphatic carbocycles. The molecule has 0 fully saturated rings. The highest BCUT2D eigenvalue weighted by Gasteiger charge is 2.24. The maximum atomic E-state index is 11.1. The van der Waals surface area contributed by atoms with Gasteiger partial charge in [-0.25, -0.2) is 0 Å². The molecule has 0 unspecified atom stereocenters. The van der Waals surface area contributed by atoms with Gasteiger partial charge in [0.1, 0.15) is 0 Å². The van der Waals surface area contributed by atoms with Gasteiger partial charge in [0.15, 0.2) is 0 Å². The third-order valence-electron chi connectivity index (χ3n) is 2.57. The van der Waals surface area contributed by atoms with E-state index < -0.39 is 5.54 Å². The van der Waals surface area contributed by atoms with Gasteiger partial charge >= 0.3 is 0 Å². The van der Waals surface area contributed by atoms with Crippen LogP contribution in [0.3, 0.4) is 0 Å². The second kappa shape index (κ2) is 5.12. The maximum absolute atomic E-state index is 11.1. The van der Waals surface area contributed by atoms with Gasteiger partial charge in [0, 0.05) is 19.3 Å². The van der Waals surface area contributed by atoms with Gasteiger partial charge in [0.2, 0.25) is 5.91 Å². The van der Waals surface area contributed by atoms with Gasteiger partial charge in [0.05, 0.1) is 11.2 Å². The van der Waals surface area contributed by atoms with E-state index in [1.807, 2.05) is 10.7 Å². The molecule has 5 nitrogen and oxygen atoms in total. The second-order valence-corrected chi connectivity index (χ2v) is 4.39. The average Bonchev–Trinajstić information content (AvgIpc) is 2.63. The van der Waals surface area contributed by atoms with Gasteiger partial charge in [-0.05, 0) is 26.3 Å². The highest BCUT2D eigenvalue weighted by molar-refractivity contribution is 5.83. The van der Waals surface area contributed by atoms with E-state index in [2.05, 4.69) is 17.3 Å². The fourth-order valence-electron chi connectivity index (χ4n) is 1.32. The normalized spacial score (nSPS) is 11.7. The van der Waals surface area contributed by atoms with Gasteiger partial charge in [0.25, 0.3) is 0 Å². The summed E-state index contributed by atoms with van der Waals surface area (Å²) in [7, 11) is 0. The van der Waals surface area contributed by atoms with Crippen LogP contribution in [0.2, 0.25) is 0 Å². The van der Waals surface area contributed by atoms with E-state index in [1.54, 1.807) is 20.0 Å². The number of carbonyl (C=O) groups is 1. The van der Waals surface area contributed by atoms with E-state index in [0.717, 1.165) is 18.7 Å². The molecule has 1 amide bonds. The minimum Gasteiger partial charge on any atom is -0.368 e. The number of nitrogens with one attached hydrogen (secondary N) is 1. The predicted molar refractivity (Wildman–Crippen MR) is 62.6 cm³/mol. The number of nitrogens with zero attached hydrogens (tertiary/aromatic N) is 2. The van der Waals surface area contributed by atoms with Crippen LogP contribution in [0, 0.1) is 0 Å². The van der Waals surface area contributed by atoms with Gasteiger partial charge in [-0.2, -0.15) is 5.10 Å². The second-order valence-electron chi connectivity index (χ2n) is 4.39. The van der Waals surface area contributed by atoms with E-state index in [0.29, 0.717) is 6.54 Å². The summed E-state index contributed by atoms with van der Waals surface area (Å²) >= 11 is 0. The number of hydrogen-bond acceptors (Lipinski definition) is 3. The van der Waals surface area contributed by atoms with Crippen molar-refractivity contribution in [2.75, 3.05) is 0 Å². The van der Waals surface area contributed by atoms with E-state index in [9.17, 15) is 4.79 Å². The molecular formula is C11H20N4O. The molecule has 1 heterocycles. The summed E-state index contributed by atoms with van der Waals surface area (Å²) in [5.74, 6) is -0.353. The Morgan fingerprint density at radius 3 is 2.88 bits per heavy atom. The van der Waals surface area contributed by atoms with Crippen molar-refractivity contribution >= 4 is 5.91 Å². The number of amides is 1. The molecule has 90 valence electrons. The molecular weight excluding hydrogens is 204 g/mol. The van der Waals surface area contributed by atoms with Crippen LogP contribution in [0.4, 0.5) is 0 Å². The lowest BCUT2D eigenvalue weighted by molar-refractivity contribution is -0.123. The summed E-state index contributed by atoms with van der Waals surface area (Å²) in [6.45, 7) is 7.13. The summed E-state index contributed by atoms with van der Waals surface area (Å²) in [4.78, 5) is 11.1. The fraction of sp³-hybridized carbons (Fsp3) is 0.636. The number of aryl methyl sites for hydroxylation is 1. The fourth-order valence-corrected chi connectivity index (χ4v) is 1.32. The summed E-state index contributed by atoms with van der Waals surface area (Å²) in [5.41, 5.74) is 5.66. The predicted octanol–water partition coefficient (Wildman–Crippen LogP) is 0.647. The largest absolute Gasteiger partial charge is 0.368 e. The van der Waals surface area contributed by atoms with Crippen LogP contribution in [-0.4, -0.2) is 21.2 Å². The first-order valence-electron chi connectivity index (χ1n) is 5.53. The smallest absolute Gasteiger partial charge is 0.237 e. The first-order chi connectivity index (χ1) is 7.47. The van der Waals surface area contributed by atoms with E-state index in [-0.39, 0.29) is 5.91 Å². The Hall–Kier alpha value is -1.36. The number of rotatable bonds is 6. The minimum atomic E-state index is -0.693. The topological polar surface area (TPSA) is 72.9 Å². The van der Waals surface area contributed by atoms with Crippen LogP contribution in [0.1, 0.15) is 32.9 Å². The molecule has 0 radical (unpaired) electrons. The highest BCUT2D eigenvalue weighted by atomic mass is 16.1. The zero-order valence-corrected chi connectivity index (χ0v) is 10.2. The number of nitrogens with two attached hydrogens (primary N) is 1. The average molecular weight is 224 g/mol. The Morgan fingerprint density at radius 1 is 1.62 bits per heavy atom. The molecule has 0 atom stereocenters. The number of primary amides is 1. The highest BCUT2D eigenvalue weighted by Crippen LogP contribution is 2.05. The number of carbonyl (C=O) groups excluding carboxylic acids is 1. The molecule has 3 N–H and O–H groups in total. The van der Waals surface area contributed by atoms with Crippen LogP contribution in [0.15, 0.2) is 12.3 Å². The van der Waals surface area contributed by atoms with Crippen molar-refractivity contribution in [3.63, 3.8) is 0 Å². The van der Waals surface area contributed by atoms with E-state index >= 15 is 0 Å². The maximum Gasteiger partial charge on any atom is 0.237 e. The molecule has 0 bridgehead atoms. The summed E-state index contributed by atoms with van der Waals surface area (Å²) in [6, 6.07) is 1.94. The Labute approximate surface area is 96.0 Å². The first kappa shape index (κ1) is 12.7. The quantitative estimate of drug-likeness (QED) is 0.745. The van der Waals surface area contributed by atoms with Gasteiger partial charge in [-0.3, -0.25) is 14.8 Å². The Balaban J connectivity index is 2.60. The van der Waals surface area contributed by atoms with Crippen molar-refractivity contribution in [2.45, 2.75) is 45.8 Å². The molecule has 1 aromatic rings. The molecule has 5 heteroatoms. The van der Waals surface area contributed by atoms with Crippen molar-refractivity contribution in [3.8, 4) is 0 Å². The zero-order chi connectivity index (χ0) is 12.2. The molecule has 0 spiro atoms.